The summed E-state index contributed by atoms with van der Waals surface area (Å²) in [5.74, 6) is 2.31. The van der Waals surface area contributed by atoms with Gasteiger partial charge in [0.15, 0.2) is 0 Å². The normalized spacial score (nSPS) is 10.3. The summed E-state index contributed by atoms with van der Waals surface area (Å²) < 4.78 is 11.3. The van der Waals surface area contributed by atoms with Crippen LogP contribution in [0.3, 0.4) is 0 Å². The van der Waals surface area contributed by atoms with Crippen LogP contribution in [-0.2, 0) is 13.2 Å². The van der Waals surface area contributed by atoms with E-state index in [9.17, 15) is 0 Å². The van der Waals surface area contributed by atoms with E-state index in [-0.39, 0.29) is 0 Å². The zero-order chi connectivity index (χ0) is 17.5. The van der Waals surface area contributed by atoms with Gasteiger partial charge >= 0.3 is 0 Å². The Bertz CT molecular complexity index is 825. The molecule has 0 bridgehead atoms. The largest absolute Gasteiger partial charge is 0.497 e. The SMILES string of the molecule is COc1ccc(CNc2ccccn2)c(OCc2ccccc2Cl)c1. The van der Waals surface area contributed by atoms with Gasteiger partial charge in [-0.15, -0.1) is 0 Å². The molecule has 0 aliphatic heterocycles. The number of aromatic nitrogens is 1. The second kappa shape index (κ2) is 8.40. The molecule has 0 saturated carbocycles. The highest BCUT2D eigenvalue weighted by molar-refractivity contribution is 6.31. The molecule has 1 aromatic heterocycles. The molecule has 1 N–H and O–H groups in total. The molecule has 0 spiro atoms. The molecule has 3 aromatic rings. The van der Waals surface area contributed by atoms with Gasteiger partial charge in [-0.05, 0) is 30.3 Å². The van der Waals surface area contributed by atoms with Crippen LogP contribution in [0.2, 0.25) is 5.02 Å². The highest BCUT2D eigenvalue weighted by Crippen LogP contribution is 2.27. The second-order valence-corrected chi connectivity index (χ2v) is 5.83. The van der Waals surface area contributed by atoms with Gasteiger partial charge < -0.3 is 14.8 Å². The molecule has 1 heterocycles. The molecular weight excluding hydrogens is 336 g/mol. The summed E-state index contributed by atoms with van der Waals surface area (Å²) in [5, 5.41) is 3.98. The average Bonchev–Trinajstić information content (AvgIpc) is 2.67. The summed E-state index contributed by atoms with van der Waals surface area (Å²) in [6.45, 7) is 0.988. The third-order valence-electron chi connectivity index (χ3n) is 3.74. The van der Waals surface area contributed by atoms with Crippen molar-refractivity contribution in [3.63, 3.8) is 0 Å². The number of halogens is 1. The Morgan fingerprint density at radius 1 is 1.00 bits per heavy atom. The van der Waals surface area contributed by atoms with Crippen molar-refractivity contribution in [3.8, 4) is 11.5 Å². The number of nitrogens with zero attached hydrogens (tertiary/aromatic N) is 1. The predicted molar refractivity (Wildman–Crippen MR) is 100 cm³/mol. The van der Waals surface area contributed by atoms with Crippen LogP contribution in [0.4, 0.5) is 5.82 Å². The Labute approximate surface area is 152 Å². The summed E-state index contributed by atoms with van der Waals surface area (Å²) in [6, 6.07) is 19.2. The lowest BCUT2D eigenvalue weighted by molar-refractivity contribution is 0.301. The third-order valence-corrected chi connectivity index (χ3v) is 4.11. The minimum atomic E-state index is 0.392. The van der Waals surface area contributed by atoms with Crippen molar-refractivity contribution in [2.45, 2.75) is 13.2 Å². The Morgan fingerprint density at radius 2 is 1.84 bits per heavy atom. The van der Waals surface area contributed by atoms with E-state index in [2.05, 4.69) is 10.3 Å². The molecule has 0 radical (unpaired) electrons. The zero-order valence-electron chi connectivity index (χ0n) is 13.9. The molecule has 0 unspecified atom stereocenters. The molecule has 0 amide bonds. The number of ether oxygens (including phenoxy) is 2. The molecule has 5 heteroatoms. The number of benzene rings is 2. The van der Waals surface area contributed by atoms with Gasteiger partial charge in [-0.3, -0.25) is 0 Å². The van der Waals surface area contributed by atoms with E-state index in [1.165, 1.54) is 0 Å². The van der Waals surface area contributed by atoms with Crippen LogP contribution in [0.1, 0.15) is 11.1 Å². The number of methoxy groups -OCH3 is 1. The van der Waals surface area contributed by atoms with Crippen LogP contribution >= 0.6 is 11.6 Å². The van der Waals surface area contributed by atoms with Crippen molar-refractivity contribution >= 4 is 17.4 Å². The first-order valence-electron chi connectivity index (χ1n) is 7.94. The van der Waals surface area contributed by atoms with Gasteiger partial charge in [-0.1, -0.05) is 35.9 Å². The number of pyridine rings is 1. The van der Waals surface area contributed by atoms with E-state index in [4.69, 9.17) is 21.1 Å². The predicted octanol–water partition coefficient (Wildman–Crippen LogP) is 4.93. The lowest BCUT2D eigenvalue weighted by atomic mass is 10.2. The van der Waals surface area contributed by atoms with Crippen LogP contribution in [0, 0.1) is 0 Å². The van der Waals surface area contributed by atoms with Crippen molar-refractivity contribution in [3.05, 3.63) is 83.0 Å². The lowest BCUT2D eigenvalue weighted by Gasteiger charge is -2.14. The van der Waals surface area contributed by atoms with Crippen LogP contribution < -0.4 is 14.8 Å². The fourth-order valence-corrected chi connectivity index (χ4v) is 2.56. The third kappa shape index (κ3) is 4.64. The van der Waals surface area contributed by atoms with Crippen molar-refractivity contribution in [1.29, 1.82) is 0 Å². The van der Waals surface area contributed by atoms with Crippen LogP contribution in [-0.4, -0.2) is 12.1 Å². The zero-order valence-corrected chi connectivity index (χ0v) is 14.7. The smallest absolute Gasteiger partial charge is 0.128 e. The summed E-state index contributed by atoms with van der Waals surface area (Å²) in [6.07, 6.45) is 1.76. The van der Waals surface area contributed by atoms with Gasteiger partial charge in [0, 0.05) is 35.0 Å². The van der Waals surface area contributed by atoms with E-state index in [0.717, 1.165) is 28.4 Å². The van der Waals surface area contributed by atoms with E-state index in [0.29, 0.717) is 18.2 Å². The molecule has 4 nitrogen and oxygen atoms in total. The molecule has 128 valence electrons. The van der Waals surface area contributed by atoms with Crippen molar-refractivity contribution in [2.24, 2.45) is 0 Å². The summed E-state index contributed by atoms with van der Waals surface area (Å²) >= 11 is 6.20. The Morgan fingerprint density at radius 3 is 2.60 bits per heavy atom. The summed E-state index contributed by atoms with van der Waals surface area (Å²) in [4.78, 5) is 4.27. The van der Waals surface area contributed by atoms with Crippen molar-refractivity contribution in [2.75, 3.05) is 12.4 Å². The molecule has 2 aromatic carbocycles. The maximum Gasteiger partial charge on any atom is 0.128 e. The Kier molecular flexibility index (Phi) is 5.75. The molecular formula is C20H19ClN2O2. The molecule has 0 saturated heterocycles. The second-order valence-electron chi connectivity index (χ2n) is 5.42. The molecule has 0 aliphatic carbocycles. The minimum Gasteiger partial charge on any atom is -0.497 e. The van der Waals surface area contributed by atoms with E-state index >= 15 is 0 Å². The van der Waals surface area contributed by atoms with Crippen LogP contribution in [0.25, 0.3) is 0 Å². The topological polar surface area (TPSA) is 43.4 Å². The van der Waals surface area contributed by atoms with E-state index in [1.54, 1.807) is 13.3 Å². The minimum absolute atomic E-state index is 0.392. The Hall–Kier alpha value is -2.72. The van der Waals surface area contributed by atoms with Gasteiger partial charge in [0.2, 0.25) is 0 Å². The molecule has 0 aliphatic rings. The first-order chi connectivity index (χ1) is 12.3. The monoisotopic (exact) mass is 354 g/mol. The summed E-state index contributed by atoms with van der Waals surface area (Å²) in [7, 11) is 1.64. The Balaban J connectivity index is 1.75. The first kappa shape index (κ1) is 17.1. The maximum absolute atomic E-state index is 6.20. The maximum atomic E-state index is 6.20. The van der Waals surface area contributed by atoms with Gasteiger partial charge in [-0.2, -0.15) is 0 Å². The van der Waals surface area contributed by atoms with E-state index < -0.39 is 0 Å². The number of nitrogens with one attached hydrogen (secondary N) is 1. The lowest BCUT2D eigenvalue weighted by Crippen LogP contribution is -2.05. The number of rotatable bonds is 7. The molecule has 3 rings (SSSR count). The van der Waals surface area contributed by atoms with Gasteiger partial charge in [0.25, 0.3) is 0 Å². The van der Waals surface area contributed by atoms with E-state index in [1.807, 2.05) is 60.7 Å². The van der Waals surface area contributed by atoms with Gasteiger partial charge in [0.1, 0.15) is 23.9 Å². The molecule has 0 fully saturated rings. The van der Waals surface area contributed by atoms with Crippen LogP contribution in [0.15, 0.2) is 66.9 Å². The van der Waals surface area contributed by atoms with Crippen molar-refractivity contribution < 1.29 is 9.47 Å². The number of hydrogen-bond donors (Lipinski definition) is 1. The number of anilines is 1. The van der Waals surface area contributed by atoms with Crippen LogP contribution in [0.5, 0.6) is 11.5 Å². The molecule has 0 atom stereocenters. The fraction of sp³-hybridized carbons (Fsp3) is 0.150. The quantitative estimate of drug-likeness (QED) is 0.653. The molecule has 25 heavy (non-hydrogen) atoms. The highest BCUT2D eigenvalue weighted by Gasteiger charge is 2.08. The number of hydrogen-bond acceptors (Lipinski definition) is 4. The highest BCUT2D eigenvalue weighted by atomic mass is 35.5. The van der Waals surface area contributed by atoms with Gasteiger partial charge in [-0.25, -0.2) is 4.98 Å². The fourth-order valence-electron chi connectivity index (χ4n) is 2.37. The average molecular weight is 355 g/mol. The first-order valence-corrected chi connectivity index (χ1v) is 8.32. The van der Waals surface area contributed by atoms with Crippen molar-refractivity contribution in [1.82, 2.24) is 4.98 Å². The standard InChI is InChI=1S/C20H19ClN2O2/c1-24-17-10-9-15(13-23-20-8-4-5-11-22-20)19(12-17)25-14-16-6-2-3-7-18(16)21/h2-12H,13-14H2,1H3,(H,22,23). The summed E-state index contributed by atoms with van der Waals surface area (Å²) in [5.41, 5.74) is 1.95. The van der Waals surface area contributed by atoms with Gasteiger partial charge in [0.05, 0.1) is 7.11 Å².